The largest absolute Gasteiger partial charge is 0.399 e. The Balaban J connectivity index is 1.96. The van der Waals surface area contributed by atoms with E-state index in [1.54, 1.807) is 29.2 Å². The Hall–Kier alpha value is -3.95. The van der Waals surface area contributed by atoms with Gasteiger partial charge < -0.3 is 21.7 Å². The van der Waals surface area contributed by atoms with Crippen molar-refractivity contribution in [3.8, 4) is 6.07 Å². The fourth-order valence-corrected chi connectivity index (χ4v) is 2.85. The van der Waals surface area contributed by atoms with E-state index in [1.807, 2.05) is 48.5 Å². The second kappa shape index (κ2) is 8.83. The van der Waals surface area contributed by atoms with Gasteiger partial charge in [0.05, 0.1) is 10.7 Å². The van der Waals surface area contributed by atoms with Crippen LogP contribution in [0.1, 0.15) is 0 Å². The summed E-state index contributed by atoms with van der Waals surface area (Å²) in [5, 5.41) is 12.5. The fourth-order valence-electron chi connectivity index (χ4n) is 2.61. The number of amides is 1. The highest BCUT2D eigenvalue weighted by molar-refractivity contribution is 6.34. The van der Waals surface area contributed by atoms with Gasteiger partial charge in [-0.1, -0.05) is 29.8 Å². The summed E-state index contributed by atoms with van der Waals surface area (Å²) in [6.45, 7) is 0. The third-order valence-electron chi connectivity index (χ3n) is 4.07. The molecule has 3 aromatic rings. The zero-order chi connectivity index (χ0) is 20.8. The number of halogens is 1. The summed E-state index contributed by atoms with van der Waals surface area (Å²) < 4.78 is 0. The van der Waals surface area contributed by atoms with Crippen molar-refractivity contribution in [2.45, 2.75) is 0 Å². The minimum atomic E-state index is -0.587. The van der Waals surface area contributed by atoms with Crippen LogP contribution in [0.3, 0.4) is 0 Å². The lowest BCUT2D eigenvalue weighted by Gasteiger charge is -2.21. The van der Waals surface area contributed by atoms with E-state index in [9.17, 15) is 10.1 Å². The summed E-state index contributed by atoms with van der Waals surface area (Å²) in [5.74, 6) is -0.587. The van der Waals surface area contributed by atoms with Crippen LogP contribution in [0, 0.1) is 11.3 Å². The number of nitrogens with zero attached hydrogens (tertiary/aromatic N) is 2. The Kier molecular flexibility index (Phi) is 6.03. The molecular weight excluding hydrogens is 386 g/mol. The molecule has 1 amide bonds. The predicted octanol–water partition coefficient (Wildman–Crippen LogP) is 4.69. The molecule has 0 aliphatic heterocycles. The molecule has 0 saturated heterocycles. The van der Waals surface area contributed by atoms with Gasteiger partial charge in [0.1, 0.15) is 11.6 Å². The summed E-state index contributed by atoms with van der Waals surface area (Å²) in [6.07, 6.45) is 1.47. The van der Waals surface area contributed by atoms with Crippen molar-refractivity contribution in [2.24, 2.45) is 0 Å². The Morgan fingerprint density at radius 2 is 1.59 bits per heavy atom. The van der Waals surface area contributed by atoms with Crippen LogP contribution in [-0.2, 0) is 4.79 Å². The number of rotatable bonds is 5. The van der Waals surface area contributed by atoms with Gasteiger partial charge in [-0.05, 0) is 54.6 Å². The number of hydrogen-bond acceptors (Lipinski definition) is 5. The quantitative estimate of drug-likeness (QED) is 0.325. The van der Waals surface area contributed by atoms with Crippen LogP contribution in [0.15, 0.2) is 84.6 Å². The lowest BCUT2D eigenvalue weighted by Crippen LogP contribution is -2.18. The van der Waals surface area contributed by atoms with Gasteiger partial charge in [-0.25, -0.2) is 0 Å². The molecule has 0 bridgehead atoms. The van der Waals surface area contributed by atoms with Crippen LogP contribution in [0.5, 0.6) is 0 Å². The van der Waals surface area contributed by atoms with Gasteiger partial charge in [-0.15, -0.1) is 0 Å². The molecule has 0 saturated carbocycles. The average Bonchev–Trinajstić information content (AvgIpc) is 2.72. The van der Waals surface area contributed by atoms with Crippen LogP contribution in [0.25, 0.3) is 0 Å². The molecule has 0 radical (unpaired) electrons. The van der Waals surface area contributed by atoms with Gasteiger partial charge in [-0.2, -0.15) is 5.26 Å². The molecule has 3 aromatic carbocycles. The molecule has 0 unspecified atom stereocenters. The van der Waals surface area contributed by atoms with Crippen molar-refractivity contribution in [3.05, 3.63) is 89.6 Å². The first-order valence-electron chi connectivity index (χ1n) is 8.66. The number of benzene rings is 3. The van der Waals surface area contributed by atoms with E-state index < -0.39 is 5.91 Å². The Morgan fingerprint density at radius 1 is 0.966 bits per heavy atom. The SMILES string of the molecule is N#C/C(=C/N(c1ccccc1)c1ccc(N)cc1)C(=O)Nc1ccc(N)cc1Cl. The highest BCUT2D eigenvalue weighted by atomic mass is 35.5. The number of hydrogen-bond donors (Lipinski definition) is 3. The van der Waals surface area contributed by atoms with Gasteiger partial charge in [0, 0.05) is 28.9 Å². The summed E-state index contributed by atoms with van der Waals surface area (Å²) in [4.78, 5) is 14.4. The maximum absolute atomic E-state index is 12.7. The van der Waals surface area contributed by atoms with Gasteiger partial charge in [0.15, 0.2) is 0 Å². The number of nitrogens with one attached hydrogen (secondary N) is 1. The molecule has 0 aliphatic rings. The van der Waals surface area contributed by atoms with Crippen molar-refractivity contribution < 1.29 is 4.79 Å². The molecule has 7 heteroatoms. The lowest BCUT2D eigenvalue weighted by molar-refractivity contribution is -0.112. The number of nitrogen functional groups attached to an aromatic ring is 2. The molecule has 0 aromatic heterocycles. The molecule has 3 rings (SSSR count). The first kappa shape index (κ1) is 19.8. The molecule has 29 heavy (non-hydrogen) atoms. The van der Waals surface area contributed by atoms with Crippen molar-refractivity contribution in [1.29, 1.82) is 5.26 Å². The van der Waals surface area contributed by atoms with Crippen molar-refractivity contribution >= 4 is 45.9 Å². The zero-order valence-electron chi connectivity index (χ0n) is 15.3. The molecule has 0 heterocycles. The summed E-state index contributed by atoms with van der Waals surface area (Å²) >= 11 is 6.11. The summed E-state index contributed by atoms with van der Waals surface area (Å²) in [5.41, 5.74) is 14.3. The van der Waals surface area contributed by atoms with Gasteiger partial charge in [0.2, 0.25) is 0 Å². The third kappa shape index (κ3) is 4.86. The molecule has 5 N–H and O–H groups in total. The smallest absolute Gasteiger partial charge is 0.267 e. The third-order valence-corrected chi connectivity index (χ3v) is 4.38. The van der Waals surface area contributed by atoms with Gasteiger partial charge in [0.25, 0.3) is 5.91 Å². The zero-order valence-corrected chi connectivity index (χ0v) is 16.1. The van der Waals surface area contributed by atoms with Crippen LogP contribution in [0.4, 0.5) is 28.4 Å². The maximum atomic E-state index is 12.7. The number of anilines is 5. The Morgan fingerprint density at radius 3 is 2.21 bits per heavy atom. The van der Waals surface area contributed by atoms with E-state index >= 15 is 0 Å². The molecule has 144 valence electrons. The highest BCUT2D eigenvalue weighted by Crippen LogP contribution is 2.28. The van der Waals surface area contributed by atoms with Gasteiger partial charge >= 0.3 is 0 Å². The first-order valence-corrected chi connectivity index (χ1v) is 9.04. The van der Waals surface area contributed by atoms with E-state index in [4.69, 9.17) is 23.1 Å². The second-order valence-corrected chi connectivity index (χ2v) is 6.55. The minimum Gasteiger partial charge on any atom is -0.399 e. The number of carbonyl (C=O) groups is 1. The van der Waals surface area contributed by atoms with Crippen LogP contribution in [-0.4, -0.2) is 5.91 Å². The fraction of sp³-hybridized carbons (Fsp3) is 0. The normalized spacial score (nSPS) is 10.8. The standard InChI is InChI=1S/C22H18ClN5O/c23-20-12-17(26)8-11-21(20)27-22(29)15(13-24)14-28(18-4-2-1-3-5-18)19-9-6-16(25)7-10-19/h1-12,14H,25-26H2,(H,27,29)/b15-14-. The van der Waals surface area contributed by atoms with Crippen molar-refractivity contribution in [2.75, 3.05) is 21.7 Å². The van der Waals surface area contributed by atoms with E-state index in [1.165, 1.54) is 12.3 Å². The van der Waals surface area contributed by atoms with Crippen LogP contribution >= 0.6 is 11.6 Å². The van der Waals surface area contributed by atoms with E-state index in [2.05, 4.69) is 5.32 Å². The summed E-state index contributed by atoms with van der Waals surface area (Å²) in [7, 11) is 0. The Labute approximate surface area is 173 Å². The monoisotopic (exact) mass is 403 g/mol. The van der Waals surface area contributed by atoms with Gasteiger partial charge in [-0.3, -0.25) is 4.79 Å². The molecule has 0 spiro atoms. The molecule has 0 atom stereocenters. The Bertz CT molecular complexity index is 1090. The highest BCUT2D eigenvalue weighted by Gasteiger charge is 2.15. The topological polar surface area (TPSA) is 108 Å². The first-order chi connectivity index (χ1) is 14.0. The van der Waals surface area contributed by atoms with Crippen molar-refractivity contribution in [3.63, 3.8) is 0 Å². The van der Waals surface area contributed by atoms with E-state index in [0.29, 0.717) is 17.1 Å². The minimum absolute atomic E-state index is 0.0985. The number of carbonyl (C=O) groups excluding carboxylic acids is 1. The number of nitrogens with two attached hydrogens (primary N) is 2. The lowest BCUT2D eigenvalue weighted by atomic mass is 10.2. The predicted molar refractivity (Wildman–Crippen MR) is 118 cm³/mol. The van der Waals surface area contributed by atoms with E-state index in [0.717, 1.165) is 11.4 Å². The average molecular weight is 404 g/mol. The second-order valence-electron chi connectivity index (χ2n) is 6.15. The summed E-state index contributed by atoms with van der Waals surface area (Å²) in [6, 6.07) is 23.2. The molecular formula is C22H18ClN5O. The molecule has 0 fully saturated rings. The van der Waals surface area contributed by atoms with E-state index in [-0.39, 0.29) is 10.6 Å². The van der Waals surface area contributed by atoms with Crippen molar-refractivity contribution in [1.82, 2.24) is 0 Å². The maximum Gasteiger partial charge on any atom is 0.267 e. The number of para-hydroxylation sites is 1. The molecule has 0 aliphatic carbocycles. The van der Waals surface area contributed by atoms with Crippen LogP contribution in [0.2, 0.25) is 5.02 Å². The van der Waals surface area contributed by atoms with Crippen LogP contribution < -0.4 is 21.7 Å². The number of nitriles is 1. The molecule has 6 nitrogen and oxygen atoms in total.